The van der Waals surface area contributed by atoms with Crippen molar-refractivity contribution in [3.8, 4) is 0 Å². The Morgan fingerprint density at radius 3 is 2.43 bits per heavy atom. The molecule has 0 atom stereocenters. The Morgan fingerprint density at radius 2 is 2.07 bits per heavy atom. The Kier molecular flexibility index (Phi) is 6.30. The first kappa shape index (κ1) is 13.9. The molecule has 0 rings (SSSR count). The number of carbonyl (C=O) groups excluding carboxylic acids is 1. The molecular weight excluding hydrogens is 274 g/mol. The van der Waals surface area contributed by atoms with Crippen molar-refractivity contribution in [2.45, 2.75) is 13.3 Å². The van der Waals surface area contributed by atoms with Gasteiger partial charge < -0.3 is 4.74 Å². The van der Waals surface area contributed by atoms with Gasteiger partial charge in [-0.05, 0) is 6.42 Å². The van der Waals surface area contributed by atoms with Crippen molar-refractivity contribution in [1.82, 2.24) is 4.31 Å². The molecule has 0 spiro atoms. The number of rotatable bonds is 6. The molecule has 0 aliphatic heterocycles. The smallest absolute Gasteiger partial charge is 0.321 e. The van der Waals surface area contributed by atoms with Crippen LogP contribution < -0.4 is 0 Å². The Balaban J connectivity index is 4.52. The van der Waals surface area contributed by atoms with Crippen LogP contribution in [0.1, 0.15) is 13.3 Å². The number of alkyl halides is 1. The molecule has 7 heteroatoms. The first-order valence-corrected chi connectivity index (χ1v) is 6.81. The van der Waals surface area contributed by atoms with Gasteiger partial charge in [-0.25, -0.2) is 8.42 Å². The van der Waals surface area contributed by atoms with Gasteiger partial charge in [0.2, 0.25) is 10.0 Å². The monoisotopic (exact) mass is 287 g/mol. The number of ether oxygens (including phenoxy) is 1. The van der Waals surface area contributed by atoms with Gasteiger partial charge in [0.1, 0.15) is 11.2 Å². The van der Waals surface area contributed by atoms with Gasteiger partial charge in [0.25, 0.3) is 0 Å². The molecule has 0 radical (unpaired) electrons. The molecule has 0 amide bonds. The zero-order valence-electron chi connectivity index (χ0n) is 8.19. The van der Waals surface area contributed by atoms with Crippen molar-refractivity contribution in [2.24, 2.45) is 0 Å². The van der Waals surface area contributed by atoms with Gasteiger partial charge in [-0.1, -0.05) is 22.9 Å². The predicted octanol–water partition coefficient (Wildman–Crippen LogP) is 0.554. The zero-order chi connectivity index (χ0) is 11.2. The van der Waals surface area contributed by atoms with Gasteiger partial charge in [-0.2, -0.15) is 4.31 Å². The lowest BCUT2D eigenvalue weighted by molar-refractivity contribution is -0.140. The van der Waals surface area contributed by atoms with E-state index in [0.29, 0.717) is 13.0 Å². The summed E-state index contributed by atoms with van der Waals surface area (Å²) in [5.74, 6) is -0.553. The molecule has 0 aliphatic carbocycles. The van der Waals surface area contributed by atoms with Crippen molar-refractivity contribution in [1.29, 1.82) is 0 Å². The van der Waals surface area contributed by atoms with Crippen LogP contribution in [0.3, 0.4) is 0 Å². The largest absolute Gasteiger partial charge is 0.468 e. The SMILES string of the molecule is CCCN(CC(=O)OC)S(=O)(=O)CBr. The summed E-state index contributed by atoms with van der Waals surface area (Å²) in [6, 6.07) is 0. The van der Waals surface area contributed by atoms with Crippen LogP contribution in [-0.4, -0.2) is 43.6 Å². The van der Waals surface area contributed by atoms with Crippen LogP contribution >= 0.6 is 15.9 Å². The highest BCUT2D eigenvalue weighted by Crippen LogP contribution is 2.06. The topological polar surface area (TPSA) is 63.7 Å². The summed E-state index contributed by atoms with van der Waals surface area (Å²) in [6.07, 6.45) is 0.656. The lowest BCUT2D eigenvalue weighted by Crippen LogP contribution is -2.37. The average Bonchev–Trinajstić information content (AvgIpc) is 2.17. The molecule has 0 N–H and O–H groups in total. The fraction of sp³-hybridized carbons (Fsp3) is 0.857. The van der Waals surface area contributed by atoms with Crippen molar-refractivity contribution in [3.05, 3.63) is 0 Å². The molecule has 14 heavy (non-hydrogen) atoms. The molecule has 0 aliphatic rings. The molecule has 0 aromatic rings. The van der Waals surface area contributed by atoms with Gasteiger partial charge in [-0.3, -0.25) is 4.79 Å². The van der Waals surface area contributed by atoms with Crippen LogP contribution in [0.4, 0.5) is 0 Å². The Morgan fingerprint density at radius 1 is 1.50 bits per heavy atom. The van der Waals surface area contributed by atoms with Crippen LogP contribution in [0, 0.1) is 0 Å². The average molecular weight is 288 g/mol. The number of hydrogen-bond acceptors (Lipinski definition) is 4. The summed E-state index contributed by atoms with van der Waals surface area (Å²) >= 11 is 2.87. The molecule has 0 saturated carbocycles. The maximum absolute atomic E-state index is 11.4. The highest BCUT2D eigenvalue weighted by Gasteiger charge is 2.22. The van der Waals surface area contributed by atoms with Crippen LogP contribution in [0.2, 0.25) is 0 Å². The highest BCUT2D eigenvalue weighted by atomic mass is 79.9. The second-order valence-corrected chi connectivity index (χ2v) is 5.90. The minimum atomic E-state index is -3.38. The summed E-state index contributed by atoms with van der Waals surface area (Å²) in [5, 5.41) is 0. The Labute approximate surface area is 92.6 Å². The Bertz CT molecular complexity index is 277. The van der Waals surface area contributed by atoms with Crippen molar-refractivity contribution >= 4 is 31.9 Å². The molecular formula is C7H14BrNO4S. The molecule has 0 aromatic heterocycles. The van der Waals surface area contributed by atoms with Crippen LogP contribution in [0.5, 0.6) is 0 Å². The first-order chi connectivity index (χ1) is 6.47. The highest BCUT2D eigenvalue weighted by molar-refractivity contribution is 9.10. The fourth-order valence-electron chi connectivity index (χ4n) is 0.843. The van der Waals surface area contributed by atoms with E-state index in [4.69, 9.17) is 0 Å². The molecule has 5 nitrogen and oxygen atoms in total. The number of nitrogens with zero attached hydrogens (tertiary/aromatic N) is 1. The molecule has 0 fully saturated rings. The molecule has 0 aromatic carbocycles. The van der Waals surface area contributed by atoms with E-state index in [9.17, 15) is 13.2 Å². The maximum Gasteiger partial charge on any atom is 0.321 e. The standard InChI is InChI=1S/C7H14BrNO4S/c1-3-4-9(5-7(10)13-2)14(11,12)6-8/h3-6H2,1-2H3. The van der Waals surface area contributed by atoms with E-state index in [1.807, 2.05) is 6.92 Å². The lowest BCUT2D eigenvalue weighted by atomic mass is 10.5. The second kappa shape index (κ2) is 6.36. The number of carbonyl (C=O) groups is 1. The first-order valence-electron chi connectivity index (χ1n) is 4.08. The minimum absolute atomic E-state index is 0.184. The molecule has 0 heterocycles. The van der Waals surface area contributed by atoms with Crippen LogP contribution in [0.25, 0.3) is 0 Å². The number of sulfonamides is 1. The third-order valence-electron chi connectivity index (χ3n) is 1.54. The van der Waals surface area contributed by atoms with Crippen LogP contribution in [-0.2, 0) is 19.6 Å². The van der Waals surface area contributed by atoms with Gasteiger partial charge >= 0.3 is 5.97 Å². The van der Waals surface area contributed by atoms with E-state index in [2.05, 4.69) is 20.7 Å². The number of hydrogen-bond donors (Lipinski definition) is 0. The normalized spacial score (nSPS) is 11.7. The molecule has 0 unspecified atom stereocenters. The zero-order valence-corrected chi connectivity index (χ0v) is 10.6. The minimum Gasteiger partial charge on any atom is -0.468 e. The summed E-state index contributed by atoms with van der Waals surface area (Å²) in [5.41, 5.74) is 0. The second-order valence-electron chi connectivity index (χ2n) is 2.63. The van der Waals surface area contributed by atoms with E-state index in [0.717, 1.165) is 4.31 Å². The lowest BCUT2D eigenvalue weighted by Gasteiger charge is -2.18. The van der Waals surface area contributed by atoms with Crippen molar-refractivity contribution in [2.75, 3.05) is 24.9 Å². The fourth-order valence-corrected chi connectivity index (χ4v) is 2.61. The molecule has 84 valence electrons. The van der Waals surface area contributed by atoms with E-state index < -0.39 is 16.0 Å². The third kappa shape index (κ3) is 4.39. The van der Waals surface area contributed by atoms with Gasteiger partial charge in [0.05, 0.1) is 7.11 Å². The molecule has 0 bridgehead atoms. The third-order valence-corrected chi connectivity index (χ3v) is 4.65. The van der Waals surface area contributed by atoms with E-state index in [1.165, 1.54) is 7.11 Å². The summed E-state index contributed by atoms with van der Waals surface area (Å²) in [6.45, 7) is 1.94. The van der Waals surface area contributed by atoms with Gasteiger partial charge in [-0.15, -0.1) is 0 Å². The van der Waals surface area contributed by atoms with E-state index in [-0.39, 0.29) is 11.2 Å². The van der Waals surface area contributed by atoms with Crippen molar-refractivity contribution in [3.63, 3.8) is 0 Å². The number of halogens is 1. The van der Waals surface area contributed by atoms with E-state index >= 15 is 0 Å². The quantitative estimate of drug-likeness (QED) is 0.529. The molecule has 0 saturated heterocycles. The predicted molar refractivity (Wildman–Crippen MR) is 56.6 cm³/mol. The maximum atomic E-state index is 11.4. The van der Waals surface area contributed by atoms with E-state index in [1.54, 1.807) is 0 Å². The summed E-state index contributed by atoms with van der Waals surface area (Å²) in [7, 11) is -2.15. The summed E-state index contributed by atoms with van der Waals surface area (Å²) in [4.78, 5) is 10.9. The summed E-state index contributed by atoms with van der Waals surface area (Å²) < 4.78 is 28.2. The Hall–Kier alpha value is -0.140. The van der Waals surface area contributed by atoms with Crippen molar-refractivity contribution < 1.29 is 17.9 Å². The van der Waals surface area contributed by atoms with Gasteiger partial charge in [0, 0.05) is 6.54 Å². The number of methoxy groups -OCH3 is 1. The van der Waals surface area contributed by atoms with Crippen LogP contribution in [0.15, 0.2) is 0 Å². The number of esters is 1. The van der Waals surface area contributed by atoms with Gasteiger partial charge in [0.15, 0.2) is 0 Å².